The van der Waals surface area contributed by atoms with Crippen molar-refractivity contribution in [3.8, 4) is 0 Å². The molecule has 3 aromatic rings. The Morgan fingerprint density at radius 3 is 2.54 bits per heavy atom. The van der Waals surface area contributed by atoms with Crippen LogP contribution in [0.25, 0.3) is 10.8 Å². The van der Waals surface area contributed by atoms with E-state index in [9.17, 15) is 4.79 Å². The van der Waals surface area contributed by atoms with Gasteiger partial charge in [0.2, 0.25) is 0 Å². The number of hydrogen-bond acceptors (Lipinski definition) is 3. The molecule has 4 N–H and O–H groups in total. The summed E-state index contributed by atoms with van der Waals surface area (Å²) in [4.78, 5) is 12.1. The first kappa shape index (κ1) is 14.6. The lowest BCUT2D eigenvalue weighted by molar-refractivity contribution is 0.0951. The van der Waals surface area contributed by atoms with Crippen molar-refractivity contribution in [1.82, 2.24) is 5.32 Å². The molecule has 0 bridgehead atoms. The van der Waals surface area contributed by atoms with Gasteiger partial charge in [0.15, 0.2) is 0 Å². The standard InChI is InChI=1S/C20H19N3O/c21-17-12-14(20(24)22-15-9-10-15)8-11-19(17)23-18-7-3-5-13-4-1-2-6-16(13)18/h1-8,11-12,15,23H,9-10,21H2,(H,22,24). The van der Waals surface area contributed by atoms with Crippen LogP contribution in [0, 0.1) is 0 Å². The van der Waals surface area contributed by atoms with Crippen molar-refractivity contribution < 1.29 is 4.79 Å². The highest BCUT2D eigenvalue weighted by atomic mass is 16.1. The number of rotatable bonds is 4. The van der Waals surface area contributed by atoms with Gasteiger partial charge in [-0.15, -0.1) is 0 Å². The number of carbonyl (C=O) groups excluding carboxylic acids is 1. The molecule has 4 nitrogen and oxygen atoms in total. The van der Waals surface area contributed by atoms with Gasteiger partial charge < -0.3 is 16.4 Å². The van der Waals surface area contributed by atoms with E-state index < -0.39 is 0 Å². The molecule has 4 heteroatoms. The third-order valence-electron chi connectivity index (χ3n) is 4.29. The Bertz CT molecular complexity index is 910. The van der Waals surface area contributed by atoms with Gasteiger partial charge in [0.1, 0.15) is 0 Å². The largest absolute Gasteiger partial charge is 0.397 e. The van der Waals surface area contributed by atoms with Gasteiger partial charge in [-0.1, -0.05) is 36.4 Å². The Morgan fingerprint density at radius 1 is 0.958 bits per heavy atom. The molecule has 0 atom stereocenters. The van der Waals surface area contributed by atoms with E-state index in [4.69, 9.17) is 5.73 Å². The van der Waals surface area contributed by atoms with Crippen molar-refractivity contribution in [1.29, 1.82) is 0 Å². The number of benzene rings is 3. The zero-order valence-electron chi connectivity index (χ0n) is 13.3. The van der Waals surface area contributed by atoms with Crippen LogP contribution in [0.5, 0.6) is 0 Å². The molecule has 120 valence electrons. The van der Waals surface area contributed by atoms with Crippen LogP contribution in [0.15, 0.2) is 60.7 Å². The number of carbonyl (C=O) groups is 1. The number of amides is 1. The van der Waals surface area contributed by atoms with Gasteiger partial charge in [0.25, 0.3) is 5.91 Å². The van der Waals surface area contributed by atoms with Crippen LogP contribution in [0.4, 0.5) is 17.1 Å². The van der Waals surface area contributed by atoms with E-state index in [0.29, 0.717) is 17.3 Å². The molecule has 1 aliphatic carbocycles. The Balaban J connectivity index is 1.61. The Hall–Kier alpha value is -3.01. The van der Waals surface area contributed by atoms with Crippen molar-refractivity contribution in [2.24, 2.45) is 0 Å². The monoisotopic (exact) mass is 317 g/mol. The number of hydrogen-bond donors (Lipinski definition) is 3. The maximum Gasteiger partial charge on any atom is 0.251 e. The smallest absolute Gasteiger partial charge is 0.251 e. The Labute approximate surface area is 140 Å². The molecule has 1 aliphatic rings. The normalized spacial score (nSPS) is 13.7. The second-order valence-electron chi connectivity index (χ2n) is 6.20. The number of fused-ring (bicyclic) bond motifs is 1. The number of anilines is 3. The minimum Gasteiger partial charge on any atom is -0.397 e. The van der Waals surface area contributed by atoms with Crippen LogP contribution in [0.2, 0.25) is 0 Å². The average Bonchev–Trinajstić information content (AvgIpc) is 3.41. The SMILES string of the molecule is Nc1cc(C(=O)NC2CC2)ccc1Nc1cccc2ccccc12. The van der Waals surface area contributed by atoms with E-state index in [1.807, 2.05) is 36.4 Å². The van der Waals surface area contributed by atoms with Crippen molar-refractivity contribution in [2.45, 2.75) is 18.9 Å². The lowest BCUT2D eigenvalue weighted by atomic mass is 10.1. The fourth-order valence-electron chi connectivity index (χ4n) is 2.79. The fourth-order valence-corrected chi connectivity index (χ4v) is 2.79. The first-order valence-electron chi connectivity index (χ1n) is 8.16. The molecule has 24 heavy (non-hydrogen) atoms. The average molecular weight is 317 g/mol. The van der Waals surface area contributed by atoms with Crippen LogP contribution in [0.1, 0.15) is 23.2 Å². The summed E-state index contributed by atoms with van der Waals surface area (Å²) in [7, 11) is 0. The summed E-state index contributed by atoms with van der Waals surface area (Å²) < 4.78 is 0. The zero-order chi connectivity index (χ0) is 16.5. The topological polar surface area (TPSA) is 67.2 Å². The molecule has 0 aliphatic heterocycles. The molecule has 0 saturated heterocycles. The molecule has 1 amide bonds. The summed E-state index contributed by atoms with van der Waals surface area (Å²) >= 11 is 0. The molecule has 0 aromatic heterocycles. The van der Waals surface area contributed by atoms with Crippen molar-refractivity contribution in [3.63, 3.8) is 0 Å². The first-order valence-corrected chi connectivity index (χ1v) is 8.16. The van der Waals surface area contributed by atoms with Crippen molar-refractivity contribution in [2.75, 3.05) is 11.1 Å². The highest BCUT2D eigenvalue weighted by molar-refractivity contribution is 5.98. The molecule has 1 fully saturated rings. The number of nitrogens with two attached hydrogens (primary N) is 1. The van der Waals surface area contributed by atoms with E-state index >= 15 is 0 Å². The van der Waals surface area contributed by atoms with Crippen LogP contribution in [-0.4, -0.2) is 11.9 Å². The van der Waals surface area contributed by atoms with Crippen LogP contribution >= 0.6 is 0 Å². The molecule has 4 rings (SSSR count). The minimum atomic E-state index is -0.0547. The Morgan fingerprint density at radius 2 is 1.75 bits per heavy atom. The predicted octanol–water partition coefficient (Wildman–Crippen LogP) is 4.06. The van der Waals surface area contributed by atoms with Crippen molar-refractivity contribution in [3.05, 3.63) is 66.2 Å². The maximum absolute atomic E-state index is 12.1. The predicted molar refractivity (Wildman–Crippen MR) is 98.6 cm³/mol. The quantitative estimate of drug-likeness (QED) is 0.636. The summed E-state index contributed by atoms with van der Waals surface area (Å²) in [6.45, 7) is 0. The van der Waals surface area contributed by atoms with E-state index in [-0.39, 0.29) is 5.91 Å². The molecule has 0 unspecified atom stereocenters. The van der Waals surface area contributed by atoms with Gasteiger partial charge in [-0.05, 0) is 42.5 Å². The zero-order valence-corrected chi connectivity index (χ0v) is 13.3. The summed E-state index contributed by atoms with van der Waals surface area (Å²) in [5.41, 5.74) is 9.11. The molecular weight excluding hydrogens is 298 g/mol. The summed E-state index contributed by atoms with van der Waals surface area (Å²) in [6, 6.07) is 20.0. The van der Waals surface area contributed by atoms with Crippen LogP contribution < -0.4 is 16.4 Å². The molecular formula is C20H19N3O. The number of nitrogen functional groups attached to an aromatic ring is 1. The van der Waals surface area contributed by atoms with Gasteiger partial charge in [-0.3, -0.25) is 4.79 Å². The molecule has 0 heterocycles. The third-order valence-corrected chi connectivity index (χ3v) is 4.29. The van der Waals surface area contributed by atoms with Gasteiger partial charge >= 0.3 is 0 Å². The minimum absolute atomic E-state index is 0.0547. The lowest BCUT2D eigenvalue weighted by Crippen LogP contribution is -2.25. The summed E-state index contributed by atoms with van der Waals surface area (Å²) in [6.07, 6.45) is 2.14. The highest BCUT2D eigenvalue weighted by Gasteiger charge is 2.23. The Kier molecular flexibility index (Phi) is 3.58. The third kappa shape index (κ3) is 2.91. The van der Waals surface area contributed by atoms with Crippen LogP contribution in [-0.2, 0) is 0 Å². The highest BCUT2D eigenvalue weighted by Crippen LogP contribution is 2.29. The second-order valence-corrected chi connectivity index (χ2v) is 6.20. The maximum atomic E-state index is 12.1. The fraction of sp³-hybridized carbons (Fsp3) is 0.150. The van der Waals surface area contributed by atoms with Gasteiger partial charge in [0, 0.05) is 22.7 Å². The van der Waals surface area contributed by atoms with E-state index in [1.54, 1.807) is 6.07 Å². The van der Waals surface area contributed by atoms with Gasteiger partial charge in [-0.2, -0.15) is 0 Å². The summed E-state index contributed by atoms with van der Waals surface area (Å²) in [5, 5.41) is 8.66. The second kappa shape index (κ2) is 5.89. The summed E-state index contributed by atoms with van der Waals surface area (Å²) in [5.74, 6) is -0.0547. The van der Waals surface area contributed by atoms with Gasteiger partial charge in [-0.25, -0.2) is 0 Å². The van der Waals surface area contributed by atoms with Gasteiger partial charge in [0.05, 0.1) is 11.4 Å². The van der Waals surface area contributed by atoms with E-state index in [1.165, 1.54) is 5.39 Å². The lowest BCUT2D eigenvalue weighted by Gasteiger charge is -2.13. The van der Waals surface area contributed by atoms with Crippen LogP contribution in [0.3, 0.4) is 0 Å². The number of nitrogens with one attached hydrogen (secondary N) is 2. The molecule has 1 saturated carbocycles. The van der Waals surface area contributed by atoms with E-state index in [0.717, 1.165) is 29.6 Å². The first-order chi connectivity index (χ1) is 11.7. The van der Waals surface area contributed by atoms with E-state index in [2.05, 4.69) is 28.8 Å². The molecule has 0 spiro atoms. The molecule has 0 radical (unpaired) electrons. The molecule has 3 aromatic carbocycles. The van der Waals surface area contributed by atoms with Crippen molar-refractivity contribution >= 4 is 33.7 Å².